The summed E-state index contributed by atoms with van der Waals surface area (Å²) < 4.78 is 19.6. The second kappa shape index (κ2) is 9.62. The Hall–Kier alpha value is -6.26. The molecule has 216 valence electrons. The Labute approximate surface area is 263 Å². The molecule has 0 atom stereocenters. The van der Waals surface area contributed by atoms with Gasteiger partial charge in [-0.1, -0.05) is 103 Å². The van der Waals surface area contributed by atoms with Crippen LogP contribution in [-0.4, -0.2) is 0 Å². The Morgan fingerprint density at radius 3 is 1.61 bits per heavy atom. The first-order valence-electron chi connectivity index (χ1n) is 15.4. The van der Waals surface area contributed by atoms with Crippen LogP contribution in [0.5, 0.6) is 0 Å². The van der Waals surface area contributed by atoms with E-state index in [1.807, 2.05) is 54.6 Å². The van der Waals surface area contributed by atoms with Crippen molar-refractivity contribution in [2.24, 2.45) is 0 Å². The lowest BCUT2D eigenvalue weighted by molar-refractivity contribution is 0.663. The number of benzene rings is 7. The third kappa shape index (κ3) is 3.61. The van der Waals surface area contributed by atoms with E-state index in [4.69, 9.17) is 13.3 Å². The highest BCUT2D eigenvalue weighted by Gasteiger charge is 2.26. The normalized spacial score (nSPS) is 11.9. The molecule has 0 saturated heterocycles. The second-order valence-electron chi connectivity index (χ2n) is 11.7. The van der Waals surface area contributed by atoms with Gasteiger partial charge in [-0.3, -0.25) is 0 Å². The second-order valence-corrected chi connectivity index (χ2v) is 11.7. The average Bonchev–Trinajstić information content (AvgIpc) is 3.80. The molecule has 0 amide bonds. The molecule has 0 bridgehead atoms. The zero-order chi connectivity index (χ0) is 30.2. The fourth-order valence-electron chi connectivity index (χ4n) is 7.03. The van der Waals surface area contributed by atoms with E-state index in [9.17, 15) is 0 Å². The molecular weight excluding hydrogens is 566 g/mol. The van der Waals surface area contributed by atoms with E-state index in [1.165, 1.54) is 5.56 Å². The summed E-state index contributed by atoms with van der Waals surface area (Å²) >= 11 is 0. The monoisotopic (exact) mass is 591 g/mol. The summed E-state index contributed by atoms with van der Waals surface area (Å²) in [4.78, 5) is 2.33. The van der Waals surface area contributed by atoms with Gasteiger partial charge in [-0.25, -0.2) is 0 Å². The van der Waals surface area contributed by atoms with E-state index in [-0.39, 0.29) is 0 Å². The van der Waals surface area contributed by atoms with Crippen LogP contribution in [0.3, 0.4) is 0 Å². The lowest BCUT2D eigenvalue weighted by Gasteiger charge is -2.27. The van der Waals surface area contributed by atoms with Gasteiger partial charge in [0.05, 0.1) is 27.5 Å². The summed E-state index contributed by atoms with van der Waals surface area (Å²) in [5.41, 5.74) is 10.3. The van der Waals surface area contributed by atoms with Crippen LogP contribution in [0.15, 0.2) is 165 Å². The van der Waals surface area contributed by atoms with E-state index >= 15 is 0 Å². The van der Waals surface area contributed by atoms with Gasteiger partial charge in [0.25, 0.3) is 0 Å². The van der Waals surface area contributed by atoms with Crippen LogP contribution in [0, 0.1) is 0 Å². The maximum atomic E-state index is 6.71. The van der Waals surface area contributed by atoms with Crippen molar-refractivity contribution in [1.29, 1.82) is 0 Å². The largest absolute Gasteiger partial charge is 0.456 e. The molecule has 0 aliphatic carbocycles. The number of rotatable bonds is 4. The topological polar surface area (TPSA) is 42.7 Å². The van der Waals surface area contributed by atoms with Gasteiger partial charge in [0, 0.05) is 27.9 Å². The first-order valence-corrected chi connectivity index (χ1v) is 15.4. The van der Waals surface area contributed by atoms with Crippen molar-refractivity contribution >= 4 is 82.9 Å². The number of fused-ring (bicyclic) bond motifs is 10. The van der Waals surface area contributed by atoms with Gasteiger partial charge in [-0.05, 0) is 53.6 Å². The molecule has 0 radical (unpaired) electrons. The first-order chi connectivity index (χ1) is 22.8. The number of furan rings is 3. The van der Waals surface area contributed by atoms with Gasteiger partial charge in [-0.15, -0.1) is 0 Å². The van der Waals surface area contributed by atoms with Crippen LogP contribution in [0.1, 0.15) is 0 Å². The number of hydrogen-bond donors (Lipinski definition) is 0. The number of para-hydroxylation sites is 3. The third-order valence-corrected chi connectivity index (χ3v) is 9.06. The zero-order valence-corrected chi connectivity index (χ0v) is 24.6. The minimum atomic E-state index is 0.776. The average molecular weight is 592 g/mol. The predicted molar refractivity (Wildman–Crippen MR) is 188 cm³/mol. The number of hydrogen-bond acceptors (Lipinski definition) is 4. The summed E-state index contributed by atoms with van der Waals surface area (Å²) in [6.07, 6.45) is 0. The zero-order valence-electron chi connectivity index (χ0n) is 24.6. The van der Waals surface area contributed by atoms with Crippen molar-refractivity contribution in [3.63, 3.8) is 0 Å². The Balaban J connectivity index is 1.34. The third-order valence-electron chi connectivity index (χ3n) is 9.06. The van der Waals surface area contributed by atoms with Crippen LogP contribution in [-0.2, 0) is 0 Å². The van der Waals surface area contributed by atoms with Crippen LogP contribution in [0.25, 0.3) is 76.9 Å². The first kappa shape index (κ1) is 25.1. The van der Waals surface area contributed by atoms with E-state index in [0.717, 1.165) is 88.4 Å². The molecule has 0 saturated carbocycles. The van der Waals surface area contributed by atoms with Crippen LogP contribution < -0.4 is 4.90 Å². The lowest BCUT2D eigenvalue weighted by atomic mass is 10.0. The van der Waals surface area contributed by atoms with Gasteiger partial charge < -0.3 is 18.2 Å². The highest BCUT2D eigenvalue weighted by molar-refractivity contribution is 6.27. The smallest absolute Gasteiger partial charge is 0.149 e. The standard InChI is InChI=1S/C42H25NO3/c1-2-11-26(12-3-1)27-21-23-28(24-22-27)43(32-16-10-20-37-39(32)29-13-4-7-17-34(29)44-37)33-25-38-41(31-15-6-8-18-35(31)45-38)42-40(33)30-14-5-9-19-36(30)46-42/h1-25H. The molecule has 7 aromatic carbocycles. The molecule has 46 heavy (non-hydrogen) atoms. The Morgan fingerprint density at radius 2 is 0.891 bits per heavy atom. The van der Waals surface area contributed by atoms with E-state index in [1.54, 1.807) is 0 Å². The van der Waals surface area contributed by atoms with Crippen molar-refractivity contribution in [3.8, 4) is 11.1 Å². The van der Waals surface area contributed by atoms with Crippen LogP contribution >= 0.6 is 0 Å². The lowest BCUT2D eigenvalue weighted by Crippen LogP contribution is -2.11. The quantitative estimate of drug-likeness (QED) is 0.204. The fourth-order valence-corrected chi connectivity index (χ4v) is 7.03. The molecule has 0 fully saturated rings. The molecule has 4 nitrogen and oxygen atoms in total. The molecule has 0 spiro atoms. The molecule has 0 aliphatic rings. The van der Waals surface area contributed by atoms with Crippen molar-refractivity contribution in [2.75, 3.05) is 4.90 Å². The van der Waals surface area contributed by atoms with Crippen LogP contribution in [0.4, 0.5) is 17.1 Å². The van der Waals surface area contributed by atoms with Gasteiger partial charge in [0.15, 0.2) is 0 Å². The summed E-state index contributed by atoms with van der Waals surface area (Å²) in [5.74, 6) is 0. The maximum absolute atomic E-state index is 6.71. The molecular formula is C42H25NO3. The summed E-state index contributed by atoms with van der Waals surface area (Å²) in [6, 6.07) is 52.4. The van der Waals surface area contributed by atoms with E-state index in [0.29, 0.717) is 0 Å². The highest BCUT2D eigenvalue weighted by atomic mass is 16.3. The predicted octanol–water partition coefficient (Wildman–Crippen LogP) is 12.5. The Morgan fingerprint density at radius 1 is 0.348 bits per heavy atom. The summed E-state index contributed by atoms with van der Waals surface area (Å²) in [5, 5.41) is 6.22. The van der Waals surface area contributed by atoms with Crippen molar-refractivity contribution in [1.82, 2.24) is 0 Å². The van der Waals surface area contributed by atoms with E-state index in [2.05, 4.69) is 102 Å². The molecule has 0 unspecified atom stereocenters. The van der Waals surface area contributed by atoms with Crippen molar-refractivity contribution < 1.29 is 13.3 Å². The summed E-state index contributed by atoms with van der Waals surface area (Å²) in [7, 11) is 0. The molecule has 0 aliphatic heterocycles. The van der Waals surface area contributed by atoms with Gasteiger partial charge >= 0.3 is 0 Å². The van der Waals surface area contributed by atoms with E-state index < -0.39 is 0 Å². The van der Waals surface area contributed by atoms with Gasteiger partial charge in [0.2, 0.25) is 0 Å². The minimum Gasteiger partial charge on any atom is -0.456 e. The molecule has 10 rings (SSSR count). The number of anilines is 3. The Bertz CT molecular complexity index is 2750. The Kier molecular flexibility index (Phi) is 5.25. The van der Waals surface area contributed by atoms with Gasteiger partial charge in [0.1, 0.15) is 33.5 Å². The maximum Gasteiger partial charge on any atom is 0.149 e. The number of nitrogens with zero attached hydrogens (tertiary/aromatic N) is 1. The summed E-state index contributed by atoms with van der Waals surface area (Å²) in [6.45, 7) is 0. The van der Waals surface area contributed by atoms with Crippen LogP contribution in [0.2, 0.25) is 0 Å². The molecule has 3 heterocycles. The van der Waals surface area contributed by atoms with Crippen molar-refractivity contribution in [3.05, 3.63) is 152 Å². The minimum absolute atomic E-state index is 0.776. The van der Waals surface area contributed by atoms with Crippen molar-refractivity contribution in [2.45, 2.75) is 0 Å². The SMILES string of the molecule is c1ccc(-c2ccc(N(c3cccc4oc5ccccc5c34)c3cc4oc5ccccc5c4c4oc5ccccc5c34)cc2)cc1. The molecule has 4 heteroatoms. The molecule has 0 N–H and O–H groups in total. The molecule has 3 aromatic heterocycles. The molecule has 10 aromatic rings. The fraction of sp³-hybridized carbons (Fsp3) is 0. The highest BCUT2D eigenvalue weighted by Crippen LogP contribution is 2.50. The van der Waals surface area contributed by atoms with Gasteiger partial charge in [-0.2, -0.15) is 0 Å².